The van der Waals surface area contributed by atoms with E-state index >= 15 is 0 Å². The van der Waals surface area contributed by atoms with Crippen molar-refractivity contribution in [2.45, 2.75) is 18.5 Å². The second kappa shape index (κ2) is 8.46. The van der Waals surface area contributed by atoms with Gasteiger partial charge in [-0.1, -0.05) is 18.2 Å². The minimum Gasteiger partial charge on any atom is -0.457 e. The Kier molecular flexibility index (Phi) is 5.83. The van der Waals surface area contributed by atoms with Gasteiger partial charge in [-0.3, -0.25) is 9.59 Å². The van der Waals surface area contributed by atoms with Crippen LogP contribution in [0.2, 0.25) is 0 Å². The molecule has 0 saturated carbocycles. The molecule has 1 heterocycles. The third kappa shape index (κ3) is 4.81. The predicted molar refractivity (Wildman–Crippen MR) is 99.0 cm³/mol. The van der Waals surface area contributed by atoms with Crippen molar-refractivity contribution in [1.29, 1.82) is 0 Å². The van der Waals surface area contributed by atoms with Gasteiger partial charge in [0.2, 0.25) is 11.8 Å². The Morgan fingerprint density at radius 3 is 2.46 bits per heavy atom. The molecule has 0 bridgehead atoms. The van der Waals surface area contributed by atoms with Crippen molar-refractivity contribution in [1.82, 2.24) is 10.6 Å². The van der Waals surface area contributed by atoms with Crippen molar-refractivity contribution in [3.05, 3.63) is 54.6 Å². The molecule has 0 spiro atoms. The van der Waals surface area contributed by atoms with E-state index in [0.29, 0.717) is 24.4 Å². The number of ether oxygens (including phenoxy) is 1. The predicted octanol–water partition coefficient (Wildman–Crippen LogP) is 1.22. The second-order valence-corrected chi connectivity index (χ2v) is 6.09. The summed E-state index contributed by atoms with van der Waals surface area (Å²) in [6.45, 7) is 0.498. The SMILES string of the molecule is NCC(=O)N[C@@H]1CN[C@@H](C(=O)Nc2ccc(Oc3ccccc3)cc2)C1. The number of carbonyl (C=O) groups excluding carboxylic acids is 2. The van der Waals surface area contributed by atoms with Gasteiger partial charge in [0.05, 0.1) is 12.6 Å². The van der Waals surface area contributed by atoms with Gasteiger partial charge in [0.25, 0.3) is 0 Å². The van der Waals surface area contributed by atoms with E-state index in [-0.39, 0.29) is 30.4 Å². The normalized spacial score (nSPS) is 19.0. The fourth-order valence-electron chi connectivity index (χ4n) is 2.79. The molecule has 26 heavy (non-hydrogen) atoms. The van der Waals surface area contributed by atoms with E-state index in [1.165, 1.54) is 0 Å². The number of nitrogens with two attached hydrogens (primary N) is 1. The molecule has 1 fully saturated rings. The van der Waals surface area contributed by atoms with Gasteiger partial charge in [0, 0.05) is 18.3 Å². The van der Waals surface area contributed by atoms with Gasteiger partial charge < -0.3 is 26.4 Å². The van der Waals surface area contributed by atoms with Crippen LogP contribution in [0, 0.1) is 0 Å². The molecule has 1 aliphatic rings. The minimum absolute atomic E-state index is 0.0508. The summed E-state index contributed by atoms with van der Waals surface area (Å²) < 4.78 is 5.72. The molecule has 0 aliphatic carbocycles. The zero-order valence-electron chi connectivity index (χ0n) is 14.3. The Hall–Kier alpha value is -2.90. The summed E-state index contributed by atoms with van der Waals surface area (Å²) >= 11 is 0. The van der Waals surface area contributed by atoms with Crippen molar-refractivity contribution < 1.29 is 14.3 Å². The van der Waals surface area contributed by atoms with Crippen molar-refractivity contribution in [3.8, 4) is 11.5 Å². The van der Waals surface area contributed by atoms with Gasteiger partial charge in [-0.15, -0.1) is 0 Å². The van der Waals surface area contributed by atoms with Crippen LogP contribution in [-0.4, -0.2) is 37.0 Å². The molecule has 2 atom stereocenters. The molecule has 5 N–H and O–H groups in total. The Morgan fingerprint density at radius 2 is 1.77 bits per heavy atom. The molecule has 0 radical (unpaired) electrons. The van der Waals surface area contributed by atoms with E-state index in [2.05, 4.69) is 16.0 Å². The lowest BCUT2D eigenvalue weighted by molar-refractivity contribution is -0.121. The Balaban J connectivity index is 1.51. The van der Waals surface area contributed by atoms with Gasteiger partial charge in [-0.05, 0) is 42.8 Å². The van der Waals surface area contributed by atoms with Crippen LogP contribution in [-0.2, 0) is 9.59 Å². The van der Waals surface area contributed by atoms with E-state index in [9.17, 15) is 9.59 Å². The van der Waals surface area contributed by atoms with Crippen LogP contribution in [0.5, 0.6) is 11.5 Å². The molecule has 136 valence electrons. The molecule has 7 heteroatoms. The quantitative estimate of drug-likeness (QED) is 0.624. The number of hydrogen-bond donors (Lipinski definition) is 4. The number of benzene rings is 2. The number of para-hydroxylation sites is 1. The molecular formula is C19H22N4O3. The maximum absolute atomic E-state index is 12.3. The maximum Gasteiger partial charge on any atom is 0.241 e. The van der Waals surface area contributed by atoms with Crippen LogP contribution in [0.4, 0.5) is 5.69 Å². The second-order valence-electron chi connectivity index (χ2n) is 6.09. The number of anilines is 1. The Morgan fingerprint density at radius 1 is 1.08 bits per heavy atom. The summed E-state index contributed by atoms with van der Waals surface area (Å²) in [4.78, 5) is 23.7. The van der Waals surface area contributed by atoms with Crippen molar-refractivity contribution in [2.75, 3.05) is 18.4 Å². The molecule has 7 nitrogen and oxygen atoms in total. The van der Waals surface area contributed by atoms with Crippen LogP contribution in [0.3, 0.4) is 0 Å². The largest absolute Gasteiger partial charge is 0.457 e. The molecular weight excluding hydrogens is 332 g/mol. The fraction of sp³-hybridized carbons (Fsp3) is 0.263. The molecule has 2 aromatic carbocycles. The lowest BCUT2D eigenvalue weighted by atomic mass is 10.1. The summed E-state index contributed by atoms with van der Waals surface area (Å²) in [5.41, 5.74) is 5.97. The van der Waals surface area contributed by atoms with Crippen molar-refractivity contribution in [3.63, 3.8) is 0 Å². The molecule has 1 saturated heterocycles. The fourth-order valence-corrected chi connectivity index (χ4v) is 2.79. The van der Waals surface area contributed by atoms with E-state index in [1.54, 1.807) is 24.3 Å². The number of rotatable bonds is 6. The maximum atomic E-state index is 12.3. The summed E-state index contributed by atoms with van der Waals surface area (Å²) in [5, 5.41) is 8.76. The van der Waals surface area contributed by atoms with Gasteiger partial charge in [0.15, 0.2) is 0 Å². The standard InChI is InChI=1S/C19H22N4O3/c20-11-18(24)22-14-10-17(21-12-14)19(25)23-13-6-8-16(9-7-13)26-15-4-2-1-3-5-15/h1-9,14,17,21H,10-12,20H2,(H,22,24)(H,23,25)/t14-,17+/m0/s1. The number of carbonyl (C=O) groups is 2. The molecule has 0 unspecified atom stereocenters. The van der Waals surface area contributed by atoms with Gasteiger partial charge in [-0.2, -0.15) is 0 Å². The van der Waals surface area contributed by atoms with E-state index < -0.39 is 0 Å². The van der Waals surface area contributed by atoms with E-state index in [1.807, 2.05) is 30.3 Å². The Bertz CT molecular complexity index is 749. The van der Waals surface area contributed by atoms with Crippen LogP contribution >= 0.6 is 0 Å². The monoisotopic (exact) mass is 354 g/mol. The van der Waals surface area contributed by atoms with E-state index in [4.69, 9.17) is 10.5 Å². The molecule has 2 aromatic rings. The third-order valence-electron chi connectivity index (χ3n) is 4.10. The lowest BCUT2D eigenvalue weighted by Crippen LogP contribution is -2.39. The highest BCUT2D eigenvalue weighted by Gasteiger charge is 2.30. The van der Waals surface area contributed by atoms with Gasteiger partial charge in [0.1, 0.15) is 11.5 Å². The lowest BCUT2D eigenvalue weighted by Gasteiger charge is -2.13. The van der Waals surface area contributed by atoms with Crippen molar-refractivity contribution >= 4 is 17.5 Å². The number of amides is 2. The summed E-state index contributed by atoms with van der Waals surface area (Å²) in [7, 11) is 0. The van der Waals surface area contributed by atoms with Crippen molar-refractivity contribution in [2.24, 2.45) is 5.73 Å². The van der Waals surface area contributed by atoms with Crippen LogP contribution in [0.15, 0.2) is 54.6 Å². The smallest absolute Gasteiger partial charge is 0.241 e. The number of nitrogens with one attached hydrogen (secondary N) is 3. The molecule has 2 amide bonds. The first-order chi connectivity index (χ1) is 12.6. The topological polar surface area (TPSA) is 105 Å². The zero-order chi connectivity index (χ0) is 18.4. The highest BCUT2D eigenvalue weighted by atomic mass is 16.5. The molecule has 0 aromatic heterocycles. The first-order valence-corrected chi connectivity index (χ1v) is 8.50. The average Bonchev–Trinajstić information content (AvgIpc) is 3.12. The molecule has 3 rings (SSSR count). The first-order valence-electron chi connectivity index (χ1n) is 8.50. The molecule has 1 aliphatic heterocycles. The van der Waals surface area contributed by atoms with E-state index in [0.717, 1.165) is 5.75 Å². The number of hydrogen-bond acceptors (Lipinski definition) is 5. The summed E-state index contributed by atoms with van der Waals surface area (Å²) in [5.74, 6) is 1.10. The van der Waals surface area contributed by atoms with Crippen LogP contribution in [0.25, 0.3) is 0 Å². The van der Waals surface area contributed by atoms with Gasteiger partial charge in [-0.25, -0.2) is 0 Å². The summed E-state index contributed by atoms with van der Waals surface area (Å²) in [6, 6.07) is 16.2. The van der Waals surface area contributed by atoms with Crippen LogP contribution in [0.1, 0.15) is 6.42 Å². The Labute approximate surface area is 151 Å². The zero-order valence-corrected chi connectivity index (χ0v) is 14.3. The summed E-state index contributed by atoms with van der Waals surface area (Å²) in [6.07, 6.45) is 0.534. The highest BCUT2D eigenvalue weighted by Crippen LogP contribution is 2.22. The minimum atomic E-state index is -0.349. The average molecular weight is 354 g/mol. The van der Waals surface area contributed by atoms with Crippen LogP contribution < -0.4 is 26.4 Å². The highest BCUT2D eigenvalue weighted by molar-refractivity contribution is 5.95. The third-order valence-corrected chi connectivity index (χ3v) is 4.10. The van der Waals surface area contributed by atoms with Gasteiger partial charge >= 0.3 is 0 Å². The first kappa shape index (κ1) is 17.9.